The molecule has 73 heavy (non-hydrogen) atoms. The quantitative estimate of drug-likeness (QED) is 0.133. The van der Waals surface area contributed by atoms with Gasteiger partial charge in [-0.15, -0.1) is 0 Å². The van der Waals surface area contributed by atoms with Crippen LogP contribution in [0.3, 0.4) is 0 Å². The van der Waals surface area contributed by atoms with Crippen LogP contribution in [0.15, 0.2) is 251 Å². The fourth-order valence-corrected chi connectivity index (χ4v) is 10.7. The molecule has 0 radical (unpaired) electrons. The van der Waals surface area contributed by atoms with E-state index in [4.69, 9.17) is 18.8 Å². The Morgan fingerprint density at radius 2 is 0.685 bits per heavy atom. The summed E-state index contributed by atoms with van der Waals surface area (Å²) >= 11 is 0. The Labute approximate surface area is 421 Å². The molecule has 8 heteroatoms. The molecule has 0 saturated heterocycles. The molecule has 2 heterocycles. The standard InChI is InChI=1S/C65H40N6O2/c66-41-43-31-35-51(36-32-43)70(49-27-15-5-16-28-49)55-39-53-57(61-59(55)68-63(72-61)45-19-7-1-8-20-45)58-54(65(53,47-23-11-3-12-24-47)48-25-13-4-14-26-48)40-56(60-62(58)73-64(69-60)46-21-9-2-10-22-46)71(50-29-17-6-18-30-50)52-37-33-44(42-67)34-38-52/h1-40H. The van der Waals surface area contributed by atoms with Crippen LogP contribution in [0.4, 0.5) is 34.1 Å². The van der Waals surface area contributed by atoms with Crippen LogP contribution in [0.5, 0.6) is 0 Å². The Hall–Kier alpha value is -10.3. The third-order valence-electron chi connectivity index (χ3n) is 13.8. The van der Waals surface area contributed by atoms with Crippen molar-refractivity contribution in [2.75, 3.05) is 9.80 Å². The maximum atomic E-state index is 9.95. The number of hydrogen-bond acceptors (Lipinski definition) is 8. The zero-order valence-electron chi connectivity index (χ0n) is 39.1. The second kappa shape index (κ2) is 17.6. The number of hydrogen-bond donors (Lipinski definition) is 0. The smallest absolute Gasteiger partial charge is 0.227 e. The summed E-state index contributed by atoms with van der Waals surface area (Å²) in [5.41, 5.74) is 14.8. The van der Waals surface area contributed by atoms with Gasteiger partial charge < -0.3 is 18.6 Å². The summed E-state index contributed by atoms with van der Waals surface area (Å²) in [6, 6.07) is 86.3. The molecule has 0 spiro atoms. The fraction of sp³-hybridized carbons (Fsp3) is 0.0154. The zero-order chi connectivity index (χ0) is 48.9. The lowest BCUT2D eigenvalue weighted by atomic mass is 9.67. The van der Waals surface area contributed by atoms with Crippen molar-refractivity contribution < 1.29 is 8.83 Å². The van der Waals surface area contributed by atoms with Gasteiger partial charge in [0.05, 0.1) is 40.1 Å². The number of benzene rings is 10. The molecule has 2 aromatic heterocycles. The predicted molar refractivity (Wildman–Crippen MR) is 289 cm³/mol. The van der Waals surface area contributed by atoms with Crippen molar-refractivity contribution in [2.45, 2.75) is 5.41 Å². The molecule has 0 aliphatic heterocycles. The first-order valence-electron chi connectivity index (χ1n) is 24.0. The van der Waals surface area contributed by atoms with Gasteiger partial charge in [0.1, 0.15) is 11.0 Å². The zero-order valence-corrected chi connectivity index (χ0v) is 39.1. The number of anilines is 6. The highest BCUT2D eigenvalue weighted by Crippen LogP contribution is 2.63. The average molecular weight is 937 g/mol. The van der Waals surface area contributed by atoms with Crippen molar-refractivity contribution >= 4 is 56.3 Å². The van der Waals surface area contributed by atoms with Crippen molar-refractivity contribution in [1.29, 1.82) is 10.5 Å². The molecule has 0 unspecified atom stereocenters. The number of nitriles is 2. The van der Waals surface area contributed by atoms with Gasteiger partial charge in [0.15, 0.2) is 11.2 Å². The van der Waals surface area contributed by atoms with Gasteiger partial charge in [-0.2, -0.15) is 10.5 Å². The summed E-state index contributed by atoms with van der Waals surface area (Å²) in [5, 5.41) is 19.9. The summed E-state index contributed by atoms with van der Waals surface area (Å²) in [5.74, 6) is 0.922. The Balaban J connectivity index is 1.24. The first kappa shape index (κ1) is 42.8. The highest BCUT2D eigenvalue weighted by Gasteiger charge is 2.51. The summed E-state index contributed by atoms with van der Waals surface area (Å²) in [6.07, 6.45) is 0. The van der Waals surface area contributed by atoms with Gasteiger partial charge in [-0.05, 0) is 131 Å². The third-order valence-corrected chi connectivity index (χ3v) is 13.8. The van der Waals surface area contributed by atoms with Crippen LogP contribution in [-0.2, 0) is 5.41 Å². The summed E-state index contributed by atoms with van der Waals surface area (Å²) in [7, 11) is 0. The van der Waals surface area contributed by atoms with Gasteiger partial charge >= 0.3 is 0 Å². The molecule has 10 aromatic carbocycles. The number of fused-ring (bicyclic) bond motifs is 7. The first-order chi connectivity index (χ1) is 36.1. The normalized spacial score (nSPS) is 12.2. The Morgan fingerprint density at radius 1 is 0.370 bits per heavy atom. The highest BCUT2D eigenvalue weighted by molar-refractivity contribution is 6.15. The number of nitrogens with zero attached hydrogens (tertiary/aromatic N) is 6. The fourth-order valence-electron chi connectivity index (χ4n) is 10.7. The Bertz CT molecular complexity index is 3800. The van der Waals surface area contributed by atoms with Crippen LogP contribution >= 0.6 is 0 Å². The minimum Gasteiger partial charge on any atom is -0.435 e. The van der Waals surface area contributed by atoms with Gasteiger partial charge in [-0.3, -0.25) is 0 Å². The lowest BCUT2D eigenvalue weighted by Crippen LogP contribution is -2.29. The van der Waals surface area contributed by atoms with E-state index < -0.39 is 5.41 Å². The second-order valence-corrected chi connectivity index (χ2v) is 17.9. The van der Waals surface area contributed by atoms with E-state index >= 15 is 0 Å². The van der Waals surface area contributed by atoms with Crippen molar-refractivity contribution in [3.05, 3.63) is 276 Å². The summed E-state index contributed by atoms with van der Waals surface area (Å²) in [4.78, 5) is 15.3. The third kappa shape index (κ3) is 6.97. The van der Waals surface area contributed by atoms with Crippen LogP contribution in [0.25, 0.3) is 56.2 Å². The molecule has 13 rings (SSSR count). The van der Waals surface area contributed by atoms with E-state index in [0.29, 0.717) is 45.1 Å². The molecular formula is C65H40N6O2. The molecule has 342 valence electrons. The Kier molecular flexibility index (Phi) is 10.3. The monoisotopic (exact) mass is 936 g/mol. The van der Waals surface area contributed by atoms with Crippen LogP contribution in [0.2, 0.25) is 0 Å². The minimum absolute atomic E-state index is 0.461. The van der Waals surface area contributed by atoms with Crippen LogP contribution < -0.4 is 9.80 Å². The first-order valence-corrected chi connectivity index (χ1v) is 24.0. The molecule has 0 saturated carbocycles. The number of oxazole rings is 2. The van der Waals surface area contributed by atoms with Crippen molar-refractivity contribution in [1.82, 2.24) is 9.97 Å². The van der Waals surface area contributed by atoms with E-state index in [1.807, 2.05) is 146 Å². The lowest BCUT2D eigenvalue weighted by molar-refractivity contribution is 0.616. The average Bonchev–Trinajstić information content (AvgIpc) is 4.20. The van der Waals surface area contributed by atoms with Crippen LogP contribution in [0.1, 0.15) is 33.4 Å². The van der Waals surface area contributed by atoms with Crippen LogP contribution in [-0.4, -0.2) is 9.97 Å². The van der Waals surface area contributed by atoms with Gasteiger partial charge in [-0.1, -0.05) is 133 Å². The topological polar surface area (TPSA) is 106 Å². The number of aromatic nitrogens is 2. The highest BCUT2D eigenvalue weighted by atomic mass is 16.4. The van der Waals surface area contributed by atoms with Gasteiger partial charge in [0, 0.05) is 45.0 Å². The predicted octanol–water partition coefficient (Wildman–Crippen LogP) is 16.3. The molecule has 0 atom stereocenters. The molecule has 1 aliphatic carbocycles. The lowest BCUT2D eigenvalue weighted by Gasteiger charge is -2.35. The maximum absolute atomic E-state index is 9.95. The summed E-state index contributed by atoms with van der Waals surface area (Å²) in [6.45, 7) is 0. The molecule has 8 nitrogen and oxygen atoms in total. The Morgan fingerprint density at radius 3 is 1.03 bits per heavy atom. The minimum atomic E-state index is -1.02. The van der Waals surface area contributed by atoms with Crippen molar-refractivity contribution in [2.24, 2.45) is 0 Å². The molecule has 0 fully saturated rings. The largest absolute Gasteiger partial charge is 0.435 e. The second-order valence-electron chi connectivity index (χ2n) is 17.9. The van der Waals surface area contributed by atoms with Gasteiger partial charge in [-0.25, -0.2) is 9.97 Å². The van der Waals surface area contributed by atoms with Crippen LogP contribution in [0, 0.1) is 22.7 Å². The van der Waals surface area contributed by atoms with E-state index in [1.165, 1.54) is 0 Å². The molecule has 12 aromatic rings. The van der Waals surface area contributed by atoms with Crippen molar-refractivity contribution in [3.63, 3.8) is 0 Å². The van der Waals surface area contributed by atoms with E-state index in [1.54, 1.807) is 0 Å². The molecule has 0 amide bonds. The molecule has 1 aliphatic rings. The van der Waals surface area contributed by atoms with E-state index in [-0.39, 0.29) is 0 Å². The molecule has 0 N–H and O–H groups in total. The number of rotatable bonds is 10. The van der Waals surface area contributed by atoms with Gasteiger partial charge in [0.2, 0.25) is 11.8 Å². The van der Waals surface area contributed by atoms with Gasteiger partial charge in [0.25, 0.3) is 0 Å². The van der Waals surface area contributed by atoms with Crippen molar-refractivity contribution in [3.8, 4) is 46.2 Å². The van der Waals surface area contributed by atoms with E-state index in [2.05, 4.69) is 119 Å². The summed E-state index contributed by atoms with van der Waals surface area (Å²) < 4.78 is 14.6. The maximum Gasteiger partial charge on any atom is 0.227 e. The molecular weight excluding hydrogens is 897 g/mol. The van der Waals surface area contributed by atoms with E-state index in [0.717, 1.165) is 78.6 Å². The molecule has 0 bridgehead atoms. The number of para-hydroxylation sites is 2. The SMILES string of the molecule is N#Cc1ccc(N(c2ccccc2)c2cc3c(c4oc(-c5ccccc5)nc24)-c2c(cc(N(c4ccccc4)c4ccc(C#N)cc4)c4nc(-c5ccccc5)oc24)C3(c2ccccc2)c2ccccc2)cc1. The van der Waals surface area contributed by atoms with E-state index in [9.17, 15) is 10.5 Å².